The zero-order chi connectivity index (χ0) is 15.0. The Morgan fingerprint density at radius 1 is 1.20 bits per heavy atom. The fourth-order valence-corrected chi connectivity index (χ4v) is 1.88. The monoisotopic (exact) mass is 278 g/mol. The van der Waals surface area contributed by atoms with Crippen LogP contribution >= 0.6 is 0 Å². The third kappa shape index (κ3) is 5.05. The number of benzene rings is 1. The van der Waals surface area contributed by atoms with Crippen molar-refractivity contribution in [1.29, 1.82) is 0 Å². The SMILES string of the molecule is COC(=O)C[C@H](C)[C@H](/C=C/c1ccc(OC)cc1)OC. The summed E-state index contributed by atoms with van der Waals surface area (Å²) in [6.07, 6.45) is 4.13. The summed E-state index contributed by atoms with van der Waals surface area (Å²) in [6.45, 7) is 1.96. The zero-order valence-electron chi connectivity index (χ0n) is 12.5. The molecule has 0 aliphatic rings. The molecule has 0 amide bonds. The Hall–Kier alpha value is -1.81. The third-order valence-corrected chi connectivity index (χ3v) is 3.14. The van der Waals surface area contributed by atoms with Gasteiger partial charge in [0.2, 0.25) is 0 Å². The van der Waals surface area contributed by atoms with E-state index >= 15 is 0 Å². The lowest BCUT2D eigenvalue weighted by atomic mass is 9.99. The van der Waals surface area contributed by atoms with E-state index in [0.29, 0.717) is 6.42 Å². The molecule has 0 fully saturated rings. The number of methoxy groups -OCH3 is 3. The molecule has 0 unspecified atom stereocenters. The minimum Gasteiger partial charge on any atom is -0.497 e. The lowest BCUT2D eigenvalue weighted by molar-refractivity contribution is -0.142. The highest BCUT2D eigenvalue weighted by Gasteiger charge is 2.17. The Morgan fingerprint density at radius 3 is 2.35 bits per heavy atom. The zero-order valence-corrected chi connectivity index (χ0v) is 12.5. The number of carbonyl (C=O) groups excluding carboxylic acids is 1. The molecule has 0 aliphatic carbocycles. The normalized spacial score (nSPS) is 14.0. The number of ether oxygens (including phenoxy) is 3. The first kappa shape index (κ1) is 16.2. The molecule has 0 saturated heterocycles. The molecule has 2 atom stereocenters. The first-order chi connectivity index (χ1) is 9.60. The van der Waals surface area contributed by atoms with Crippen molar-refractivity contribution in [2.24, 2.45) is 5.92 Å². The van der Waals surface area contributed by atoms with Crippen LogP contribution in [0.2, 0.25) is 0 Å². The van der Waals surface area contributed by atoms with E-state index in [2.05, 4.69) is 4.74 Å². The second-order valence-electron chi connectivity index (χ2n) is 4.59. The van der Waals surface area contributed by atoms with Crippen molar-refractivity contribution in [2.45, 2.75) is 19.4 Å². The molecular weight excluding hydrogens is 256 g/mol. The summed E-state index contributed by atoms with van der Waals surface area (Å²) in [5, 5.41) is 0. The predicted octanol–water partition coefficient (Wildman–Crippen LogP) is 2.92. The van der Waals surface area contributed by atoms with Gasteiger partial charge in [-0.3, -0.25) is 4.79 Å². The second-order valence-corrected chi connectivity index (χ2v) is 4.59. The van der Waals surface area contributed by atoms with Crippen molar-refractivity contribution in [3.8, 4) is 5.75 Å². The van der Waals surface area contributed by atoms with Gasteiger partial charge in [-0.05, 0) is 23.6 Å². The third-order valence-electron chi connectivity index (χ3n) is 3.14. The van der Waals surface area contributed by atoms with Crippen LogP contribution in [0.25, 0.3) is 6.08 Å². The Balaban J connectivity index is 2.66. The van der Waals surface area contributed by atoms with Crippen LogP contribution in [0, 0.1) is 5.92 Å². The first-order valence-corrected chi connectivity index (χ1v) is 6.52. The highest BCUT2D eigenvalue weighted by molar-refractivity contribution is 5.69. The van der Waals surface area contributed by atoms with E-state index in [0.717, 1.165) is 11.3 Å². The predicted molar refractivity (Wildman–Crippen MR) is 78.6 cm³/mol. The van der Waals surface area contributed by atoms with Crippen molar-refractivity contribution < 1.29 is 19.0 Å². The smallest absolute Gasteiger partial charge is 0.305 e. The maximum absolute atomic E-state index is 11.3. The van der Waals surface area contributed by atoms with Gasteiger partial charge in [-0.1, -0.05) is 31.2 Å². The second kappa shape index (κ2) is 8.38. The molecule has 0 bridgehead atoms. The van der Waals surface area contributed by atoms with Crippen LogP contribution in [0.3, 0.4) is 0 Å². The number of rotatable bonds is 7. The van der Waals surface area contributed by atoms with E-state index in [1.807, 2.05) is 43.3 Å². The summed E-state index contributed by atoms with van der Waals surface area (Å²) in [6, 6.07) is 7.73. The fraction of sp³-hybridized carbons (Fsp3) is 0.438. The minimum absolute atomic E-state index is 0.0574. The van der Waals surface area contributed by atoms with Crippen molar-refractivity contribution in [2.75, 3.05) is 21.3 Å². The molecule has 0 radical (unpaired) electrons. The largest absolute Gasteiger partial charge is 0.497 e. The van der Waals surface area contributed by atoms with E-state index < -0.39 is 0 Å². The summed E-state index contributed by atoms with van der Waals surface area (Å²) in [5.74, 6) is 0.656. The maximum Gasteiger partial charge on any atom is 0.305 e. The molecule has 0 aliphatic heterocycles. The molecule has 20 heavy (non-hydrogen) atoms. The number of hydrogen-bond donors (Lipinski definition) is 0. The van der Waals surface area contributed by atoms with Gasteiger partial charge in [0.25, 0.3) is 0 Å². The lowest BCUT2D eigenvalue weighted by Crippen LogP contribution is -2.21. The highest BCUT2D eigenvalue weighted by Crippen LogP contribution is 2.17. The van der Waals surface area contributed by atoms with Gasteiger partial charge >= 0.3 is 5.97 Å². The molecule has 1 aromatic rings. The van der Waals surface area contributed by atoms with Crippen molar-refractivity contribution in [3.05, 3.63) is 35.9 Å². The van der Waals surface area contributed by atoms with Crippen LogP contribution in [0.1, 0.15) is 18.9 Å². The van der Waals surface area contributed by atoms with Gasteiger partial charge in [0.15, 0.2) is 0 Å². The van der Waals surface area contributed by atoms with Crippen molar-refractivity contribution in [1.82, 2.24) is 0 Å². The van der Waals surface area contributed by atoms with Crippen LogP contribution in [-0.2, 0) is 14.3 Å². The van der Waals surface area contributed by atoms with Gasteiger partial charge in [0.1, 0.15) is 5.75 Å². The van der Waals surface area contributed by atoms with Crippen LogP contribution in [0.4, 0.5) is 0 Å². The van der Waals surface area contributed by atoms with Crippen LogP contribution in [0.5, 0.6) is 5.75 Å². The molecular formula is C16H22O4. The van der Waals surface area contributed by atoms with Crippen LogP contribution in [-0.4, -0.2) is 33.4 Å². The van der Waals surface area contributed by atoms with Crippen LogP contribution in [0.15, 0.2) is 30.3 Å². The summed E-state index contributed by atoms with van der Waals surface area (Å²) in [5.41, 5.74) is 1.05. The van der Waals surface area contributed by atoms with E-state index in [1.54, 1.807) is 14.2 Å². The van der Waals surface area contributed by atoms with E-state index in [4.69, 9.17) is 9.47 Å². The topological polar surface area (TPSA) is 44.8 Å². The Labute approximate surface area is 120 Å². The molecule has 0 heterocycles. The molecule has 0 spiro atoms. The highest BCUT2D eigenvalue weighted by atomic mass is 16.5. The van der Waals surface area contributed by atoms with Gasteiger partial charge in [0, 0.05) is 7.11 Å². The average molecular weight is 278 g/mol. The maximum atomic E-state index is 11.3. The quantitative estimate of drug-likeness (QED) is 0.719. The molecule has 1 aromatic carbocycles. The first-order valence-electron chi connectivity index (χ1n) is 6.52. The molecule has 1 rings (SSSR count). The molecule has 4 nitrogen and oxygen atoms in total. The summed E-state index contributed by atoms with van der Waals surface area (Å²) < 4.78 is 15.2. The van der Waals surface area contributed by atoms with E-state index in [9.17, 15) is 4.79 Å². The molecule has 0 saturated carbocycles. The number of esters is 1. The van der Waals surface area contributed by atoms with Crippen molar-refractivity contribution >= 4 is 12.0 Å². The number of carbonyl (C=O) groups is 1. The van der Waals surface area contributed by atoms with Gasteiger partial charge in [-0.2, -0.15) is 0 Å². The van der Waals surface area contributed by atoms with Crippen LogP contribution < -0.4 is 4.74 Å². The Morgan fingerprint density at radius 2 is 1.85 bits per heavy atom. The summed E-state index contributed by atoms with van der Waals surface area (Å²) in [7, 11) is 4.67. The van der Waals surface area contributed by atoms with Gasteiger partial charge in [-0.15, -0.1) is 0 Å². The lowest BCUT2D eigenvalue weighted by Gasteiger charge is -2.18. The molecule has 0 aromatic heterocycles. The van der Waals surface area contributed by atoms with Crippen molar-refractivity contribution in [3.63, 3.8) is 0 Å². The Kier molecular flexibility index (Phi) is 6.81. The minimum atomic E-state index is -0.225. The standard InChI is InChI=1S/C16H22O4/c1-12(11-16(17)20-4)15(19-3)10-7-13-5-8-14(18-2)9-6-13/h5-10,12,15H,11H2,1-4H3/b10-7+/t12-,15-/m0/s1. The van der Waals surface area contributed by atoms with Gasteiger partial charge < -0.3 is 14.2 Å². The van der Waals surface area contributed by atoms with Gasteiger partial charge in [0.05, 0.1) is 26.7 Å². The fourth-order valence-electron chi connectivity index (χ4n) is 1.88. The molecule has 0 N–H and O–H groups in total. The summed E-state index contributed by atoms with van der Waals surface area (Å²) >= 11 is 0. The molecule has 4 heteroatoms. The average Bonchev–Trinajstić information content (AvgIpc) is 2.48. The van der Waals surface area contributed by atoms with E-state index in [-0.39, 0.29) is 18.0 Å². The molecule has 110 valence electrons. The van der Waals surface area contributed by atoms with E-state index in [1.165, 1.54) is 7.11 Å². The number of hydrogen-bond acceptors (Lipinski definition) is 4. The Bertz CT molecular complexity index is 436. The van der Waals surface area contributed by atoms with Gasteiger partial charge in [-0.25, -0.2) is 0 Å². The summed E-state index contributed by atoms with van der Waals surface area (Å²) in [4.78, 5) is 11.3.